The highest BCUT2D eigenvalue weighted by Gasteiger charge is 2.40. The van der Waals surface area contributed by atoms with E-state index in [0.717, 1.165) is 71.3 Å². The number of nitrogens with one attached hydrogen (secondary N) is 1. The molecule has 7 rings (SSSR count). The minimum Gasteiger partial charge on any atom is -0.382 e. The van der Waals surface area contributed by atoms with Crippen LogP contribution < -0.4 is 11.1 Å². The highest BCUT2D eigenvalue weighted by molar-refractivity contribution is 6.05. The van der Waals surface area contributed by atoms with E-state index in [1.54, 1.807) is 0 Å². The normalized spacial score (nSPS) is 25.5. The monoisotopic (exact) mass is 520 g/mol. The van der Waals surface area contributed by atoms with Gasteiger partial charge in [0, 0.05) is 48.5 Å². The first-order valence-electron chi connectivity index (χ1n) is 14.3. The zero-order valence-electron chi connectivity index (χ0n) is 22.3. The lowest BCUT2D eigenvalue weighted by molar-refractivity contribution is 0.0249. The third-order valence-electron chi connectivity index (χ3n) is 8.78. The number of nitrogens with two attached hydrogens (primary N) is 1. The van der Waals surface area contributed by atoms with Crippen molar-refractivity contribution in [2.45, 2.75) is 31.8 Å². The summed E-state index contributed by atoms with van der Waals surface area (Å²) in [5, 5.41) is 5.02. The van der Waals surface area contributed by atoms with Crippen molar-refractivity contribution in [3.8, 4) is 11.3 Å². The van der Waals surface area contributed by atoms with Crippen molar-refractivity contribution in [2.75, 3.05) is 32.8 Å². The van der Waals surface area contributed by atoms with Gasteiger partial charge in [0.25, 0.3) is 0 Å². The summed E-state index contributed by atoms with van der Waals surface area (Å²) in [4.78, 5) is 14.4. The molecule has 0 unspecified atom stereocenters. The minimum atomic E-state index is 0.184. The zero-order valence-corrected chi connectivity index (χ0v) is 22.3. The Kier molecular flexibility index (Phi) is 6.54. The van der Waals surface area contributed by atoms with Crippen LogP contribution in [-0.2, 0) is 4.74 Å². The summed E-state index contributed by atoms with van der Waals surface area (Å²) < 4.78 is 5.54. The van der Waals surface area contributed by atoms with Gasteiger partial charge < -0.3 is 20.7 Å². The fraction of sp³-hybridized carbons (Fsp3) is 0.375. The summed E-state index contributed by atoms with van der Waals surface area (Å²) in [5.41, 5.74) is 12.7. The van der Waals surface area contributed by atoms with Gasteiger partial charge in [-0.15, -0.1) is 0 Å². The molecule has 1 saturated carbocycles. The van der Waals surface area contributed by atoms with Crippen molar-refractivity contribution in [1.82, 2.24) is 20.1 Å². The summed E-state index contributed by atoms with van der Waals surface area (Å²) in [6.45, 7) is 5.11. The molecule has 0 bridgehead atoms. The quantitative estimate of drug-likeness (QED) is 0.504. The van der Waals surface area contributed by atoms with Crippen molar-refractivity contribution in [2.24, 2.45) is 22.6 Å². The summed E-state index contributed by atoms with van der Waals surface area (Å²) in [7, 11) is 0. The van der Waals surface area contributed by atoms with Crippen molar-refractivity contribution >= 4 is 22.4 Å². The number of hydrogen-bond acceptors (Lipinski definition) is 7. The van der Waals surface area contributed by atoms with E-state index in [1.807, 2.05) is 12.3 Å². The molecule has 2 aromatic carbocycles. The lowest BCUT2D eigenvalue weighted by atomic mass is 9.80. The molecule has 1 atom stereocenters. The summed E-state index contributed by atoms with van der Waals surface area (Å²) in [6, 6.07) is 21.1. The van der Waals surface area contributed by atoms with E-state index in [0.29, 0.717) is 11.8 Å². The fourth-order valence-corrected chi connectivity index (χ4v) is 6.67. The molecule has 3 N–H and O–H groups in total. The Morgan fingerprint density at radius 2 is 1.72 bits per heavy atom. The molecule has 3 aliphatic heterocycles. The van der Waals surface area contributed by atoms with Gasteiger partial charge in [-0.1, -0.05) is 48.5 Å². The number of ether oxygens (including phenoxy) is 1. The highest BCUT2D eigenvalue weighted by atomic mass is 16.5. The summed E-state index contributed by atoms with van der Waals surface area (Å²) in [6.07, 6.45) is 9.08. The van der Waals surface area contributed by atoms with Crippen LogP contribution >= 0.6 is 0 Å². The van der Waals surface area contributed by atoms with Gasteiger partial charge in [-0.25, -0.2) is 9.98 Å². The maximum absolute atomic E-state index is 6.51. The molecule has 1 aromatic heterocycles. The Labute approximate surface area is 230 Å². The van der Waals surface area contributed by atoms with Gasteiger partial charge in [0.1, 0.15) is 17.7 Å². The Morgan fingerprint density at radius 1 is 0.923 bits per heavy atom. The molecular formula is C32H36N6O. The number of fused-ring (bicyclic) bond motifs is 2. The largest absolute Gasteiger partial charge is 0.382 e. The SMILES string of the molecule is NC1=NC=CN2C1=C(c1ccc3ccc(-c4ccccc4)nc3c1)N[C@@H]2C1CCC(CN2CCOCC2)CC1. The van der Waals surface area contributed by atoms with Gasteiger partial charge in [-0.2, -0.15) is 0 Å². The molecule has 39 heavy (non-hydrogen) atoms. The first kappa shape index (κ1) is 24.4. The number of hydrogen-bond donors (Lipinski definition) is 2. The molecule has 7 nitrogen and oxygen atoms in total. The molecule has 1 aliphatic carbocycles. The summed E-state index contributed by atoms with van der Waals surface area (Å²) in [5.74, 6) is 1.90. The van der Waals surface area contributed by atoms with E-state index in [1.165, 1.54) is 32.2 Å². The molecule has 4 aliphatic rings. The number of aromatic nitrogens is 1. The maximum Gasteiger partial charge on any atom is 0.149 e. The van der Waals surface area contributed by atoms with Gasteiger partial charge >= 0.3 is 0 Å². The van der Waals surface area contributed by atoms with Crippen molar-refractivity contribution in [1.29, 1.82) is 0 Å². The lowest BCUT2D eigenvalue weighted by Crippen LogP contribution is -2.45. The Morgan fingerprint density at radius 3 is 2.54 bits per heavy atom. The predicted octanol–water partition coefficient (Wildman–Crippen LogP) is 4.78. The Bertz CT molecular complexity index is 1430. The van der Waals surface area contributed by atoms with Crippen LogP contribution in [0.3, 0.4) is 0 Å². The second kappa shape index (κ2) is 10.5. The summed E-state index contributed by atoms with van der Waals surface area (Å²) >= 11 is 0. The second-order valence-corrected chi connectivity index (χ2v) is 11.2. The number of aliphatic imine (C=N–C) groups is 1. The van der Waals surface area contributed by atoms with Crippen LogP contribution in [0.4, 0.5) is 0 Å². The van der Waals surface area contributed by atoms with Crippen molar-refractivity contribution in [3.63, 3.8) is 0 Å². The first-order chi connectivity index (χ1) is 19.2. The molecule has 200 valence electrons. The molecular weight excluding hydrogens is 484 g/mol. The number of amidine groups is 1. The smallest absolute Gasteiger partial charge is 0.149 e. The minimum absolute atomic E-state index is 0.184. The van der Waals surface area contributed by atoms with E-state index in [4.69, 9.17) is 15.5 Å². The first-order valence-corrected chi connectivity index (χ1v) is 14.3. The van der Waals surface area contributed by atoms with Crippen LogP contribution in [0.5, 0.6) is 0 Å². The van der Waals surface area contributed by atoms with E-state index < -0.39 is 0 Å². The lowest BCUT2D eigenvalue weighted by Gasteiger charge is -2.39. The molecule has 1 saturated heterocycles. The Balaban J connectivity index is 1.13. The van der Waals surface area contributed by atoms with Crippen LogP contribution in [-0.4, -0.2) is 59.6 Å². The standard InChI is InChI=1S/C32H36N6O/c33-31-30-29(26-11-10-24-12-13-27(35-28(24)20-26)23-4-2-1-3-5-23)36-32(38(30)15-14-34-31)25-8-6-22(7-9-25)21-37-16-18-39-19-17-37/h1-5,10-15,20,22,25,32,36H,6-9,16-19,21H2,(H2,33,34)/t22?,25?,32-/m0/s1. The second-order valence-electron chi connectivity index (χ2n) is 11.2. The van der Waals surface area contributed by atoms with Crippen LogP contribution in [0, 0.1) is 11.8 Å². The molecule has 2 fully saturated rings. The molecule has 0 spiro atoms. The molecule has 3 aromatic rings. The third kappa shape index (κ3) is 4.81. The van der Waals surface area contributed by atoms with Gasteiger partial charge in [0.05, 0.1) is 30.1 Å². The average Bonchev–Trinajstić information content (AvgIpc) is 3.39. The molecule has 7 heteroatoms. The predicted molar refractivity (Wildman–Crippen MR) is 156 cm³/mol. The molecule has 0 amide bonds. The van der Waals surface area contributed by atoms with E-state index in [2.05, 4.69) is 80.9 Å². The maximum atomic E-state index is 6.51. The number of pyridine rings is 1. The molecule has 0 radical (unpaired) electrons. The van der Waals surface area contributed by atoms with Gasteiger partial charge in [0.15, 0.2) is 0 Å². The van der Waals surface area contributed by atoms with Crippen LogP contribution in [0.15, 0.2) is 83.8 Å². The molecule has 4 heterocycles. The third-order valence-corrected chi connectivity index (χ3v) is 8.78. The van der Waals surface area contributed by atoms with Crippen LogP contribution in [0.2, 0.25) is 0 Å². The number of nitrogens with zero attached hydrogens (tertiary/aromatic N) is 4. The van der Waals surface area contributed by atoms with E-state index in [-0.39, 0.29) is 6.17 Å². The van der Waals surface area contributed by atoms with Gasteiger partial charge in [-0.05, 0) is 49.7 Å². The average molecular weight is 521 g/mol. The van der Waals surface area contributed by atoms with Crippen LogP contribution in [0.25, 0.3) is 27.9 Å². The van der Waals surface area contributed by atoms with Gasteiger partial charge in [0.2, 0.25) is 0 Å². The zero-order chi connectivity index (χ0) is 26.2. The number of rotatable bonds is 5. The van der Waals surface area contributed by atoms with Crippen molar-refractivity contribution < 1.29 is 4.74 Å². The highest BCUT2D eigenvalue weighted by Crippen LogP contribution is 2.39. The Hall–Kier alpha value is -3.68. The van der Waals surface area contributed by atoms with Gasteiger partial charge in [-0.3, -0.25) is 4.90 Å². The fourth-order valence-electron chi connectivity index (χ4n) is 6.67. The van der Waals surface area contributed by atoms with Crippen LogP contribution in [0.1, 0.15) is 31.2 Å². The number of benzene rings is 2. The topological polar surface area (TPSA) is 79.0 Å². The van der Waals surface area contributed by atoms with Crippen molar-refractivity contribution in [3.05, 3.63) is 84.3 Å². The van der Waals surface area contributed by atoms with E-state index >= 15 is 0 Å². The van der Waals surface area contributed by atoms with E-state index in [9.17, 15) is 0 Å². The number of morpholine rings is 1.